The molecule has 0 aliphatic heterocycles. The molecular formula is C11H11BrN4O3. The first-order chi connectivity index (χ1) is 9.04. The predicted molar refractivity (Wildman–Crippen MR) is 73.5 cm³/mol. The van der Waals surface area contributed by atoms with Gasteiger partial charge in [0.05, 0.1) is 18.1 Å². The summed E-state index contributed by atoms with van der Waals surface area (Å²) >= 11 is 3.29. The van der Waals surface area contributed by atoms with E-state index in [1.165, 1.54) is 4.68 Å². The first-order valence-electron chi connectivity index (χ1n) is 5.42. The average Bonchev–Trinajstić information content (AvgIpc) is 2.68. The molecule has 7 nitrogen and oxygen atoms in total. The van der Waals surface area contributed by atoms with Crippen LogP contribution in [0, 0.1) is 10.1 Å². The second-order valence-corrected chi connectivity index (χ2v) is 4.71. The van der Waals surface area contributed by atoms with Crippen LogP contribution in [0.4, 0.5) is 11.5 Å². The molecule has 3 N–H and O–H groups in total. The molecule has 1 aromatic heterocycles. The lowest BCUT2D eigenvalue weighted by atomic mass is 10.1. The Morgan fingerprint density at radius 1 is 1.42 bits per heavy atom. The number of aromatic nitrogens is 2. The quantitative estimate of drug-likeness (QED) is 0.658. The van der Waals surface area contributed by atoms with E-state index in [1.54, 1.807) is 24.3 Å². The molecule has 8 heteroatoms. The highest BCUT2D eigenvalue weighted by Gasteiger charge is 2.26. The molecule has 2 aromatic rings. The van der Waals surface area contributed by atoms with Crippen molar-refractivity contribution in [1.29, 1.82) is 0 Å². The Balaban J connectivity index is 2.58. The first kappa shape index (κ1) is 13.5. The highest BCUT2D eigenvalue weighted by Crippen LogP contribution is 2.34. The Bertz CT molecular complexity index is 609. The SMILES string of the molecule is Nc1c([N+](=O)[O-])c(-c2ccc(Br)cc2)nn1CCO. The van der Waals surface area contributed by atoms with Crippen LogP contribution in [0.3, 0.4) is 0 Å². The Hall–Kier alpha value is -1.93. The normalized spacial score (nSPS) is 10.6. The zero-order valence-electron chi connectivity index (χ0n) is 9.78. The highest BCUT2D eigenvalue weighted by atomic mass is 79.9. The van der Waals surface area contributed by atoms with Gasteiger partial charge in [-0.1, -0.05) is 28.1 Å². The fourth-order valence-corrected chi connectivity index (χ4v) is 1.98. The summed E-state index contributed by atoms with van der Waals surface area (Å²) in [6.07, 6.45) is 0. The van der Waals surface area contributed by atoms with E-state index in [-0.39, 0.29) is 30.4 Å². The summed E-state index contributed by atoms with van der Waals surface area (Å²) in [5.41, 5.74) is 6.25. The summed E-state index contributed by atoms with van der Waals surface area (Å²) in [4.78, 5) is 10.5. The van der Waals surface area contributed by atoms with Crippen molar-refractivity contribution in [1.82, 2.24) is 9.78 Å². The maximum Gasteiger partial charge on any atom is 0.338 e. The van der Waals surface area contributed by atoms with Crippen LogP contribution in [0.15, 0.2) is 28.7 Å². The van der Waals surface area contributed by atoms with Crippen molar-refractivity contribution in [2.45, 2.75) is 6.54 Å². The van der Waals surface area contributed by atoms with Gasteiger partial charge in [-0.25, -0.2) is 4.68 Å². The molecule has 0 radical (unpaired) electrons. The van der Waals surface area contributed by atoms with Crippen molar-refractivity contribution in [2.75, 3.05) is 12.3 Å². The van der Waals surface area contributed by atoms with E-state index in [0.29, 0.717) is 5.56 Å². The van der Waals surface area contributed by atoms with Crippen LogP contribution in [-0.2, 0) is 6.54 Å². The van der Waals surface area contributed by atoms with Crippen molar-refractivity contribution in [2.24, 2.45) is 0 Å². The van der Waals surface area contributed by atoms with Crippen molar-refractivity contribution in [3.05, 3.63) is 38.9 Å². The number of nitro groups is 1. The molecule has 0 bridgehead atoms. The van der Waals surface area contributed by atoms with Crippen LogP contribution in [0.1, 0.15) is 0 Å². The van der Waals surface area contributed by atoms with E-state index >= 15 is 0 Å². The molecule has 0 spiro atoms. The number of halogens is 1. The number of nitrogens with two attached hydrogens (primary N) is 1. The fraction of sp³-hybridized carbons (Fsp3) is 0.182. The zero-order valence-corrected chi connectivity index (χ0v) is 11.4. The lowest BCUT2D eigenvalue weighted by molar-refractivity contribution is -0.383. The van der Waals surface area contributed by atoms with Crippen LogP contribution >= 0.6 is 15.9 Å². The first-order valence-corrected chi connectivity index (χ1v) is 6.21. The molecule has 0 unspecified atom stereocenters. The number of nitrogen functional groups attached to an aromatic ring is 1. The van der Waals surface area contributed by atoms with Gasteiger partial charge in [0.15, 0.2) is 5.69 Å². The van der Waals surface area contributed by atoms with Gasteiger partial charge in [0.25, 0.3) is 0 Å². The molecule has 1 aromatic carbocycles. The summed E-state index contributed by atoms with van der Waals surface area (Å²) in [5, 5.41) is 24.1. The van der Waals surface area contributed by atoms with Crippen LogP contribution in [0.2, 0.25) is 0 Å². The van der Waals surface area contributed by atoms with Crippen LogP contribution in [0.5, 0.6) is 0 Å². The van der Waals surface area contributed by atoms with Crippen LogP contribution < -0.4 is 5.73 Å². The molecule has 0 aliphatic rings. The number of nitrogens with zero attached hydrogens (tertiary/aromatic N) is 3. The highest BCUT2D eigenvalue weighted by molar-refractivity contribution is 9.10. The Kier molecular flexibility index (Phi) is 3.82. The monoisotopic (exact) mass is 326 g/mol. The maximum atomic E-state index is 11.1. The lowest BCUT2D eigenvalue weighted by Gasteiger charge is -1.98. The number of aliphatic hydroxyl groups excluding tert-OH is 1. The Morgan fingerprint density at radius 2 is 2.05 bits per heavy atom. The molecule has 2 rings (SSSR count). The van der Waals surface area contributed by atoms with Gasteiger partial charge in [0.1, 0.15) is 0 Å². The molecule has 100 valence electrons. The average molecular weight is 327 g/mol. The lowest BCUT2D eigenvalue weighted by Crippen LogP contribution is -2.08. The van der Waals surface area contributed by atoms with Gasteiger partial charge in [-0.15, -0.1) is 0 Å². The molecular weight excluding hydrogens is 316 g/mol. The minimum absolute atomic E-state index is 0.0584. The van der Waals surface area contributed by atoms with Crippen LogP contribution in [0.25, 0.3) is 11.3 Å². The van der Waals surface area contributed by atoms with Crippen molar-refractivity contribution >= 4 is 27.4 Å². The second-order valence-electron chi connectivity index (χ2n) is 3.79. The number of rotatable bonds is 4. The smallest absolute Gasteiger partial charge is 0.338 e. The molecule has 0 amide bonds. The van der Waals surface area contributed by atoms with Gasteiger partial charge < -0.3 is 10.8 Å². The molecule has 0 saturated carbocycles. The van der Waals surface area contributed by atoms with Gasteiger partial charge in [0.2, 0.25) is 5.82 Å². The zero-order chi connectivity index (χ0) is 14.0. The number of hydrogen-bond acceptors (Lipinski definition) is 5. The molecule has 0 fully saturated rings. The predicted octanol–water partition coefficient (Wildman–Crippen LogP) is 1.80. The Morgan fingerprint density at radius 3 is 2.58 bits per heavy atom. The summed E-state index contributed by atoms with van der Waals surface area (Å²) in [5.74, 6) is -0.0584. The van der Waals surface area contributed by atoms with Crippen molar-refractivity contribution in [3.8, 4) is 11.3 Å². The molecule has 0 saturated heterocycles. The topological polar surface area (TPSA) is 107 Å². The molecule has 19 heavy (non-hydrogen) atoms. The molecule has 1 heterocycles. The third-order valence-corrected chi connectivity index (χ3v) is 3.11. The third kappa shape index (κ3) is 2.59. The van der Waals surface area contributed by atoms with E-state index < -0.39 is 4.92 Å². The van der Waals surface area contributed by atoms with Crippen molar-refractivity contribution < 1.29 is 10.0 Å². The standard InChI is InChI=1S/C11H11BrN4O3/c12-8-3-1-7(2-4-8)9-10(16(18)19)11(13)15(14-9)5-6-17/h1-4,17H,5-6,13H2. The second kappa shape index (κ2) is 5.37. The molecule has 0 aliphatic carbocycles. The largest absolute Gasteiger partial charge is 0.394 e. The summed E-state index contributed by atoms with van der Waals surface area (Å²) < 4.78 is 2.09. The Labute approximate surface area is 116 Å². The third-order valence-electron chi connectivity index (χ3n) is 2.58. The number of hydrogen-bond donors (Lipinski definition) is 2. The van der Waals surface area contributed by atoms with E-state index in [0.717, 1.165) is 4.47 Å². The van der Waals surface area contributed by atoms with E-state index in [4.69, 9.17) is 10.8 Å². The summed E-state index contributed by atoms with van der Waals surface area (Å²) in [6.45, 7) is -0.0774. The van der Waals surface area contributed by atoms with E-state index in [1.807, 2.05) is 0 Å². The summed E-state index contributed by atoms with van der Waals surface area (Å²) in [7, 11) is 0. The van der Waals surface area contributed by atoms with Gasteiger partial charge in [-0.3, -0.25) is 10.1 Å². The summed E-state index contributed by atoms with van der Waals surface area (Å²) in [6, 6.07) is 6.95. The van der Waals surface area contributed by atoms with Gasteiger partial charge in [-0.05, 0) is 12.1 Å². The van der Waals surface area contributed by atoms with Crippen LogP contribution in [-0.4, -0.2) is 26.4 Å². The number of benzene rings is 1. The minimum Gasteiger partial charge on any atom is -0.394 e. The van der Waals surface area contributed by atoms with Crippen molar-refractivity contribution in [3.63, 3.8) is 0 Å². The van der Waals surface area contributed by atoms with E-state index in [9.17, 15) is 10.1 Å². The molecule has 0 atom stereocenters. The number of aliphatic hydroxyl groups is 1. The fourth-order valence-electron chi connectivity index (χ4n) is 1.71. The maximum absolute atomic E-state index is 11.1. The minimum atomic E-state index is -0.562. The van der Waals surface area contributed by atoms with Gasteiger partial charge in [0, 0.05) is 10.0 Å². The van der Waals surface area contributed by atoms with Gasteiger partial charge in [-0.2, -0.15) is 5.10 Å². The number of anilines is 1. The van der Waals surface area contributed by atoms with E-state index in [2.05, 4.69) is 21.0 Å². The van der Waals surface area contributed by atoms with Gasteiger partial charge >= 0.3 is 5.69 Å².